The van der Waals surface area contributed by atoms with E-state index >= 15 is 0 Å². The minimum absolute atomic E-state index is 0. The normalized spacial score (nSPS) is 10.2. The SMILES string of the molecule is N.O=[N+]([O-])[O-].O=[N+]([O-])[O-].O=[N+]([O-])c1ccc([N+](c2ccccc2)(c2ccccc2)c2ccccc2)cc1.[18FH].[18F]c1ccc([N+](c2ccccc2)(c2ccccc2)c2ccccc2)cc1. The van der Waals surface area contributed by atoms with Gasteiger partial charge < -0.3 is 36.8 Å². The van der Waals surface area contributed by atoms with Crippen molar-refractivity contribution in [2.75, 3.05) is 0 Å². The van der Waals surface area contributed by atoms with Crippen molar-refractivity contribution in [3.63, 3.8) is 0 Å². The molecule has 0 saturated carbocycles. The van der Waals surface area contributed by atoms with Gasteiger partial charge >= 0.3 is 0 Å². The van der Waals surface area contributed by atoms with Gasteiger partial charge in [0.25, 0.3) is 5.69 Å². The van der Waals surface area contributed by atoms with Crippen LogP contribution in [0.5, 0.6) is 0 Å². The lowest BCUT2D eigenvalue weighted by atomic mass is 10.1. The summed E-state index contributed by atoms with van der Waals surface area (Å²) >= 11 is 0. The molecule has 8 aromatic rings. The fraction of sp³-hybridized carbons (Fsp3) is 0. The molecular weight excluding hydrogens is 825 g/mol. The van der Waals surface area contributed by atoms with Gasteiger partial charge in [-0.1, -0.05) is 109 Å². The topological polar surface area (TPSA) is 211 Å². The number of nitro benzene ring substituents is 1. The fourth-order valence-corrected chi connectivity index (χ4v) is 7.16. The smallest absolute Gasteiger partial charge is 0.269 e. The lowest BCUT2D eigenvalue weighted by Crippen LogP contribution is -2.33. The Labute approximate surface area is 366 Å². The van der Waals surface area contributed by atoms with Crippen molar-refractivity contribution >= 4 is 51.2 Å². The summed E-state index contributed by atoms with van der Waals surface area (Å²) in [5, 5.41) is 40.7. The van der Waals surface area contributed by atoms with Crippen molar-refractivity contribution in [3.05, 3.63) is 277 Å². The molecule has 0 aliphatic rings. The lowest BCUT2D eigenvalue weighted by molar-refractivity contribution is -0.403. The van der Waals surface area contributed by atoms with Crippen molar-refractivity contribution in [2.45, 2.75) is 0 Å². The van der Waals surface area contributed by atoms with Crippen LogP contribution in [0.4, 0.5) is 60.3 Å². The maximum Gasteiger partial charge on any atom is 0.269 e. The molecule has 0 aliphatic heterocycles. The number of nitrogens with zero attached hydrogens (tertiary/aromatic N) is 5. The number of hydrogen-bond donors (Lipinski definition) is 1. The number of non-ortho nitro benzene ring substituents is 1. The maximum atomic E-state index is 13.7. The first-order chi connectivity index (χ1) is 30.0. The third kappa shape index (κ3) is 11.8. The highest BCUT2D eigenvalue weighted by atomic mass is 18.2. The molecule has 0 unspecified atom stereocenters. The van der Waals surface area contributed by atoms with Crippen molar-refractivity contribution in [2.24, 2.45) is 0 Å². The molecule has 0 aromatic heterocycles. The van der Waals surface area contributed by atoms with Crippen molar-refractivity contribution in [1.82, 2.24) is 15.1 Å². The predicted octanol–water partition coefficient (Wildman–Crippen LogP) is 13.9. The molecule has 0 atom stereocenters. The van der Waals surface area contributed by atoms with E-state index in [-0.39, 0.29) is 27.3 Å². The van der Waals surface area contributed by atoms with Crippen LogP contribution in [0.3, 0.4) is 0 Å². The summed E-state index contributed by atoms with van der Waals surface area (Å²) in [6, 6.07) is 75.1. The van der Waals surface area contributed by atoms with E-state index in [2.05, 4.69) is 72.8 Å². The quantitative estimate of drug-likeness (QED) is 0.0829. The van der Waals surface area contributed by atoms with Gasteiger partial charge in [-0.2, -0.15) is 8.97 Å². The standard InChI is InChI=1S/C24H19FN.C24H19N2O2.FH.2NO3.H3N/c25-20-16-18-24(19-17-20)26(21-10-4-1-5-11-21,22-12-6-2-7-13-22)23-14-8-3-9-15-23;27-25(28)20-16-18-24(19-17-20)26(21-10-4-1-5-11-21,22-12-6-2-7-13-22)23-14-8-3-9-15-23;;2*2-1(3)4;/h1-19H;1-19H;1H;;;1H3/q2*+1;;2*-1;/i25-1;;1-1;;;. The molecule has 0 fully saturated rings. The monoisotopic (exact) mass is 866 g/mol. The maximum absolute atomic E-state index is 13.7. The molecule has 8 aromatic carbocycles. The zero-order valence-electron chi connectivity index (χ0n) is 33.9. The summed E-state index contributed by atoms with van der Waals surface area (Å²) in [6.45, 7) is 0. The second-order valence-electron chi connectivity index (χ2n) is 13.1. The van der Waals surface area contributed by atoms with E-state index in [1.165, 1.54) is 12.1 Å². The Morgan fingerprint density at radius 3 is 0.672 bits per heavy atom. The molecule has 0 bridgehead atoms. The number of halogens is 2. The van der Waals surface area contributed by atoms with Crippen LogP contribution in [-0.4, -0.2) is 15.1 Å². The summed E-state index contributed by atoms with van der Waals surface area (Å²) in [5.41, 5.74) is 8.42. The molecule has 0 heterocycles. The van der Waals surface area contributed by atoms with Gasteiger partial charge in [0.15, 0.2) is 0 Å². The summed E-state index contributed by atoms with van der Waals surface area (Å²) in [5.74, 6) is -0.235. The second-order valence-corrected chi connectivity index (χ2v) is 13.1. The zero-order chi connectivity index (χ0) is 44.4. The highest BCUT2D eigenvalue weighted by Crippen LogP contribution is 2.52. The molecule has 326 valence electrons. The van der Waals surface area contributed by atoms with E-state index in [9.17, 15) is 14.5 Å². The van der Waals surface area contributed by atoms with Crippen LogP contribution in [0.25, 0.3) is 0 Å². The number of nitro groups is 1. The zero-order valence-corrected chi connectivity index (χ0v) is 33.9. The van der Waals surface area contributed by atoms with Crippen molar-refractivity contribution < 1.29 is 24.2 Å². The molecule has 64 heavy (non-hydrogen) atoms. The van der Waals surface area contributed by atoms with Gasteiger partial charge in [0.05, 0.1) is 15.1 Å². The van der Waals surface area contributed by atoms with Gasteiger partial charge in [-0.15, -0.1) is 0 Å². The Kier molecular flexibility index (Phi) is 18.6. The van der Waals surface area contributed by atoms with E-state index in [0.717, 1.165) is 45.5 Å². The predicted molar refractivity (Wildman–Crippen MR) is 248 cm³/mol. The highest BCUT2D eigenvalue weighted by Gasteiger charge is 2.40. The molecule has 3 N–H and O–H groups in total. The van der Waals surface area contributed by atoms with E-state index in [1.54, 1.807) is 12.1 Å². The second kappa shape index (κ2) is 23.9. The molecule has 0 radical (unpaired) electrons. The number of rotatable bonds is 9. The lowest BCUT2D eigenvalue weighted by Gasteiger charge is -2.37. The van der Waals surface area contributed by atoms with Crippen LogP contribution >= 0.6 is 0 Å². The van der Waals surface area contributed by atoms with Crippen molar-refractivity contribution in [1.29, 1.82) is 0 Å². The van der Waals surface area contributed by atoms with Crippen LogP contribution in [0, 0.1) is 46.6 Å². The van der Waals surface area contributed by atoms with E-state index < -0.39 is 10.2 Å². The number of benzene rings is 8. The van der Waals surface area contributed by atoms with E-state index in [4.69, 9.17) is 30.6 Å². The number of hydrogen-bond acceptors (Lipinski definition) is 9. The van der Waals surface area contributed by atoms with Gasteiger partial charge in [-0.25, -0.2) is 4.39 Å². The Morgan fingerprint density at radius 2 is 0.484 bits per heavy atom. The summed E-state index contributed by atoms with van der Waals surface area (Å²) in [6.07, 6.45) is 0. The third-order valence-corrected chi connectivity index (χ3v) is 9.52. The van der Waals surface area contributed by atoms with E-state index in [1.807, 2.05) is 133 Å². The Bertz CT molecular complexity index is 2410. The van der Waals surface area contributed by atoms with Crippen molar-refractivity contribution in [3.8, 4) is 0 Å². The van der Waals surface area contributed by atoms with Gasteiger partial charge in [-0.05, 0) is 12.1 Å². The van der Waals surface area contributed by atoms with Crippen LogP contribution < -0.4 is 15.1 Å². The third-order valence-electron chi connectivity index (χ3n) is 9.52. The first-order valence-electron chi connectivity index (χ1n) is 18.8. The average molecular weight is 867 g/mol. The molecule has 0 spiro atoms. The van der Waals surface area contributed by atoms with Crippen LogP contribution in [0.1, 0.15) is 0 Å². The summed E-state index contributed by atoms with van der Waals surface area (Å²) < 4.78 is 14.4. The minimum Gasteiger partial charge on any atom is -0.356 e. The molecule has 14 nitrogen and oxygen atoms in total. The molecule has 0 amide bonds. The van der Waals surface area contributed by atoms with Gasteiger partial charge in [0.2, 0.25) is 0 Å². The average Bonchev–Trinajstić information content (AvgIpc) is 3.30. The van der Waals surface area contributed by atoms with Crippen LogP contribution in [0.15, 0.2) is 231 Å². The molecule has 0 saturated heterocycles. The fourth-order valence-electron chi connectivity index (χ4n) is 7.16. The molecule has 0 aliphatic carbocycles. The Balaban J connectivity index is 0.000000285. The van der Waals surface area contributed by atoms with Gasteiger partial charge in [-0.3, -0.25) is 14.8 Å². The number of quaternary nitrogens is 2. The molecular formula is C48H42F2N6O8. The van der Waals surface area contributed by atoms with Crippen LogP contribution in [-0.2, 0) is 0 Å². The molecule has 16 heteroatoms. The Morgan fingerprint density at radius 1 is 0.312 bits per heavy atom. The number of para-hydroxylation sites is 6. The first-order valence-corrected chi connectivity index (χ1v) is 18.8. The van der Waals surface area contributed by atoms with Crippen LogP contribution in [0.2, 0.25) is 0 Å². The van der Waals surface area contributed by atoms with Gasteiger partial charge in [0.1, 0.15) is 51.3 Å². The minimum atomic E-state index is -1.75. The largest absolute Gasteiger partial charge is 0.356 e. The summed E-state index contributed by atoms with van der Waals surface area (Å²) in [4.78, 5) is 27.3. The molecule has 8 rings (SSSR count). The highest BCUT2D eigenvalue weighted by molar-refractivity contribution is 5.83. The summed E-state index contributed by atoms with van der Waals surface area (Å²) in [7, 11) is 0. The van der Waals surface area contributed by atoms with E-state index in [0.29, 0.717) is 8.97 Å². The van der Waals surface area contributed by atoms with Gasteiger partial charge in [0, 0.05) is 109 Å². The first kappa shape index (κ1) is 49.7. The Hall–Kier alpha value is -8.70.